The molecule has 0 bridgehead atoms. The van der Waals surface area contributed by atoms with Crippen LogP contribution in [0.5, 0.6) is 5.19 Å². The van der Waals surface area contributed by atoms with Crippen molar-refractivity contribution in [3.8, 4) is 5.19 Å². The number of thiazole rings is 1. The Balaban J connectivity index is 1.40. The first-order valence-corrected chi connectivity index (χ1v) is 15.6. The third-order valence-electron chi connectivity index (χ3n) is 8.26. The Kier molecular flexibility index (Phi) is 8.63. The van der Waals surface area contributed by atoms with Gasteiger partial charge in [0.25, 0.3) is 5.19 Å². The van der Waals surface area contributed by atoms with Gasteiger partial charge in [-0.1, -0.05) is 55.6 Å². The summed E-state index contributed by atoms with van der Waals surface area (Å²) < 4.78 is 12.6. The van der Waals surface area contributed by atoms with Crippen molar-refractivity contribution >= 4 is 45.4 Å². The van der Waals surface area contributed by atoms with E-state index in [1.807, 2.05) is 24.3 Å². The van der Waals surface area contributed by atoms with Gasteiger partial charge < -0.3 is 30.1 Å². The van der Waals surface area contributed by atoms with Gasteiger partial charge in [0.1, 0.15) is 29.3 Å². The van der Waals surface area contributed by atoms with Gasteiger partial charge in [0.2, 0.25) is 11.8 Å². The molecule has 5 rings (SSSR count). The van der Waals surface area contributed by atoms with Gasteiger partial charge in [-0.25, -0.2) is 14.6 Å². The number of carboxylic acids is 1. The highest BCUT2D eigenvalue weighted by Gasteiger charge is 2.62. The second kappa shape index (κ2) is 12.1. The number of alkyl carbamates (subject to hydrolysis) is 1. The number of aliphatic carboxylic acids is 1. The number of amides is 3. The van der Waals surface area contributed by atoms with Crippen molar-refractivity contribution in [2.24, 2.45) is 5.92 Å². The number of rotatable bonds is 4. The van der Waals surface area contributed by atoms with E-state index in [0.29, 0.717) is 24.5 Å². The van der Waals surface area contributed by atoms with Crippen molar-refractivity contribution in [3.63, 3.8) is 0 Å². The molecule has 0 spiro atoms. The van der Waals surface area contributed by atoms with E-state index in [2.05, 4.69) is 15.6 Å². The second-order valence-electron chi connectivity index (χ2n) is 12.6. The summed E-state index contributed by atoms with van der Waals surface area (Å²) in [6.45, 7) is 5.35. The summed E-state index contributed by atoms with van der Waals surface area (Å²) in [5.41, 5.74) is -1.26. The van der Waals surface area contributed by atoms with Crippen LogP contribution in [0.3, 0.4) is 0 Å². The first kappa shape index (κ1) is 30.1. The summed E-state index contributed by atoms with van der Waals surface area (Å²) in [6, 6.07) is 5.79. The predicted octanol–water partition coefficient (Wildman–Crippen LogP) is 4.24. The molecule has 3 N–H and O–H groups in total. The predicted molar refractivity (Wildman–Crippen MR) is 156 cm³/mol. The largest absolute Gasteiger partial charge is 0.479 e. The number of hydrogen-bond acceptors (Lipinski definition) is 8. The minimum Gasteiger partial charge on any atom is -0.479 e. The van der Waals surface area contributed by atoms with Gasteiger partial charge in [-0.3, -0.25) is 9.59 Å². The minimum absolute atomic E-state index is 0.100. The number of carbonyl (C=O) groups is 4. The molecule has 2 aliphatic heterocycles. The average molecular weight is 601 g/mol. The lowest BCUT2D eigenvalue weighted by Gasteiger charge is -2.30. The maximum atomic E-state index is 14.0. The number of ether oxygens (including phenoxy) is 2. The van der Waals surface area contributed by atoms with Crippen LogP contribution in [0.25, 0.3) is 10.2 Å². The maximum Gasteiger partial charge on any atom is 0.408 e. The Bertz CT molecular complexity index is 1310. The zero-order valence-corrected chi connectivity index (χ0v) is 25.2. The molecule has 3 heterocycles. The van der Waals surface area contributed by atoms with E-state index < -0.39 is 53.2 Å². The van der Waals surface area contributed by atoms with Gasteiger partial charge in [0.05, 0.1) is 16.8 Å². The van der Waals surface area contributed by atoms with Crippen molar-refractivity contribution in [2.45, 2.75) is 108 Å². The SMILES string of the molecule is CC(C)(C)OC(=O)N[C@H]1CCCCCCC[C@@H]2C[C@@]2(C(=O)O)NC(=O)[C@@H]2C[C@@H](Oc3nc4ccccc4s3)CN2C1=O. The Morgan fingerprint density at radius 2 is 1.83 bits per heavy atom. The molecule has 1 aromatic carbocycles. The molecule has 0 unspecified atom stereocenters. The van der Waals surface area contributed by atoms with Crippen LogP contribution in [-0.2, 0) is 19.1 Å². The van der Waals surface area contributed by atoms with Crippen molar-refractivity contribution in [2.75, 3.05) is 6.54 Å². The van der Waals surface area contributed by atoms with Gasteiger partial charge in [0.15, 0.2) is 0 Å². The van der Waals surface area contributed by atoms with E-state index >= 15 is 0 Å². The monoisotopic (exact) mass is 600 g/mol. The Hall–Kier alpha value is -3.41. The number of hydrogen-bond donors (Lipinski definition) is 3. The highest BCUT2D eigenvalue weighted by Crippen LogP contribution is 2.47. The van der Waals surface area contributed by atoms with Crippen LogP contribution in [-0.4, -0.2) is 74.7 Å². The lowest BCUT2D eigenvalue weighted by Crippen LogP contribution is -2.56. The molecule has 0 radical (unpaired) electrons. The number of aromatic nitrogens is 1. The van der Waals surface area contributed by atoms with Crippen molar-refractivity contribution in [3.05, 3.63) is 24.3 Å². The van der Waals surface area contributed by atoms with Gasteiger partial charge in [-0.15, -0.1) is 0 Å². The Labute approximate surface area is 249 Å². The van der Waals surface area contributed by atoms with E-state index in [1.165, 1.54) is 16.2 Å². The fourth-order valence-electron chi connectivity index (χ4n) is 6.05. The third kappa shape index (κ3) is 6.79. The zero-order valence-electron chi connectivity index (χ0n) is 24.4. The molecule has 11 nitrogen and oxygen atoms in total. The standard InChI is InChI=1S/C30H40N4O7S/c1-29(2,3)41-27(39)31-21-13-8-6-4-5-7-11-18-16-30(18,26(37)38)33-24(35)22-15-19(17-34(22)25(21)36)40-28-32-20-12-9-10-14-23(20)42-28/h9-10,12,14,18-19,21-22H,4-8,11,13,15-17H2,1-3H3,(H,31,39)(H,33,35)(H,37,38)/t18-,19-,21+,22+,30-/m1/s1. The number of carbonyl (C=O) groups excluding carboxylic acids is 3. The van der Waals surface area contributed by atoms with Crippen LogP contribution < -0.4 is 15.4 Å². The Morgan fingerprint density at radius 3 is 2.55 bits per heavy atom. The minimum atomic E-state index is -1.31. The first-order valence-electron chi connectivity index (χ1n) is 14.8. The maximum absolute atomic E-state index is 14.0. The van der Waals surface area contributed by atoms with Crippen LogP contribution >= 0.6 is 11.3 Å². The van der Waals surface area contributed by atoms with E-state index in [9.17, 15) is 24.3 Å². The number of para-hydroxylation sites is 1. The summed E-state index contributed by atoms with van der Waals surface area (Å²) in [7, 11) is 0. The molecule has 42 heavy (non-hydrogen) atoms. The topological polar surface area (TPSA) is 147 Å². The lowest BCUT2D eigenvalue weighted by molar-refractivity contribution is -0.146. The van der Waals surface area contributed by atoms with E-state index in [1.54, 1.807) is 20.8 Å². The van der Waals surface area contributed by atoms with E-state index in [0.717, 1.165) is 42.3 Å². The van der Waals surface area contributed by atoms with Crippen LogP contribution in [0.1, 0.15) is 78.6 Å². The molecule has 3 amide bonds. The number of nitrogens with zero attached hydrogens (tertiary/aromatic N) is 2. The molecule has 12 heteroatoms. The van der Waals surface area contributed by atoms with Crippen molar-refractivity contribution in [1.82, 2.24) is 20.5 Å². The van der Waals surface area contributed by atoms with Gasteiger partial charge in [-0.05, 0) is 58.1 Å². The number of fused-ring (bicyclic) bond motifs is 3. The van der Waals surface area contributed by atoms with Crippen LogP contribution in [0.15, 0.2) is 24.3 Å². The highest BCUT2D eigenvalue weighted by molar-refractivity contribution is 7.20. The third-order valence-corrected chi connectivity index (χ3v) is 9.18. The van der Waals surface area contributed by atoms with Gasteiger partial charge in [0, 0.05) is 6.42 Å². The fraction of sp³-hybridized carbons (Fsp3) is 0.633. The van der Waals surface area contributed by atoms with E-state index in [4.69, 9.17) is 9.47 Å². The summed E-state index contributed by atoms with van der Waals surface area (Å²) in [6.07, 6.45) is 4.78. The molecule has 2 saturated heterocycles. The quantitative estimate of drug-likeness (QED) is 0.472. The molecular weight excluding hydrogens is 560 g/mol. The zero-order chi connectivity index (χ0) is 30.1. The summed E-state index contributed by atoms with van der Waals surface area (Å²) in [4.78, 5) is 58.8. The number of carboxylic acid groups (broad SMARTS) is 1. The van der Waals surface area contributed by atoms with Crippen LogP contribution in [0.4, 0.5) is 4.79 Å². The molecule has 3 fully saturated rings. The van der Waals surface area contributed by atoms with Gasteiger partial charge in [-0.2, -0.15) is 0 Å². The normalized spacial score (nSPS) is 29.0. The molecule has 2 aromatic rings. The fourth-order valence-corrected chi connectivity index (χ4v) is 6.93. The molecule has 5 atom stereocenters. The average Bonchev–Trinajstić information content (AvgIpc) is 3.24. The molecule has 1 saturated carbocycles. The molecule has 1 aliphatic carbocycles. The molecular formula is C30H40N4O7S. The smallest absolute Gasteiger partial charge is 0.408 e. The first-order chi connectivity index (χ1) is 19.9. The number of benzene rings is 1. The number of nitrogens with one attached hydrogen (secondary N) is 2. The summed E-state index contributed by atoms with van der Waals surface area (Å²) in [5.74, 6) is -2.11. The molecule has 228 valence electrons. The van der Waals surface area contributed by atoms with Crippen molar-refractivity contribution < 1.29 is 33.8 Å². The summed E-state index contributed by atoms with van der Waals surface area (Å²) >= 11 is 1.38. The summed E-state index contributed by atoms with van der Waals surface area (Å²) in [5, 5.41) is 16.0. The molecule has 1 aromatic heterocycles. The second-order valence-corrected chi connectivity index (χ2v) is 13.6. The van der Waals surface area contributed by atoms with Crippen LogP contribution in [0.2, 0.25) is 0 Å². The van der Waals surface area contributed by atoms with Crippen molar-refractivity contribution in [1.29, 1.82) is 0 Å². The highest BCUT2D eigenvalue weighted by atomic mass is 32.1. The van der Waals surface area contributed by atoms with Gasteiger partial charge >= 0.3 is 12.1 Å². The lowest BCUT2D eigenvalue weighted by atomic mass is 10.0. The Morgan fingerprint density at radius 1 is 1.12 bits per heavy atom. The van der Waals surface area contributed by atoms with E-state index in [-0.39, 0.29) is 18.9 Å². The molecule has 3 aliphatic rings. The van der Waals surface area contributed by atoms with Crippen LogP contribution in [0, 0.1) is 5.92 Å².